The topological polar surface area (TPSA) is 115 Å². The van der Waals surface area contributed by atoms with Gasteiger partial charge in [0, 0.05) is 25.3 Å². The molecule has 9 nitrogen and oxygen atoms in total. The molecule has 10 heteroatoms. The maximum atomic E-state index is 12.3. The Morgan fingerprint density at radius 1 is 1.33 bits per heavy atom. The van der Waals surface area contributed by atoms with Crippen molar-refractivity contribution in [2.75, 3.05) is 22.8 Å². The number of carbonyl (C=O) groups is 1. The van der Waals surface area contributed by atoms with Gasteiger partial charge in [-0.05, 0) is 32.8 Å². The van der Waals surface area contributed by atoms with Gasteiger partial charge in [-0.1, -0.05) is 6.42 Å². The molecule has 1 aliphatic heterocycles. The molecule has 0 saturated carbocycles. The maximum absolute atomic E-state index is 12.3. The average Bonchev–Trinajstić information content (AvgIpc) is 2.48. The lowest BCUT2D eigenvalue weighted by molar-refractivity contribution is 0.246. The molecule has 1 saturated heterocycles. The van der Waals surface area contributed by atoms with Crippen molar-refractivity contribution < 1.29 is 17.8 Å². The van der Waals surface area contributed by atoms with Crippen molar-refractivity contribution in [2.45, 2.75) is 39.2 Å². The Morgan fingerprint density at radius 3 is 2.58 bits per heavy atom. The first-order valence-electron chi connectivity index (χ1n) is 7.83. The fourth-order valence-electron chi connectivity index (χ4n) is 2.46. The number of carbonyl (C=O) groups excluding carboxylic acids is 1. The third-order valence-electron chi connectivity index (χ3n) is 3.48. The zero-order valence-corrected chi connectivity index (χ0v) is 14.6. The van der Waals surface area contributed by atoms with Crippen LogP contribution in [0.15, 0.2) is 18.5 Å². The summed E-state index contributed by atoms with van der Waals surface area (Å²) in [5.74, 6) is 0. The summed E-state index contributed by atoms with van der Waals surface area (Å²) in [5.41, 5.74) is 3.45. The van der Waals surface area contributed by atoms with Gasteiger partial charge >= 0.3 is 16.3 Å². The van der Waals surface area contributed by atoms with E-state index in [0.29, 0.717) is 9.99 Å². The quantitative estimate of drug-likeness (QED) is 0.686. The van der Waals surface area contributed by atoms with Crippen LogP contribution >= 0.6 is 0 Å². The highest BCUT2D eigenvalue weighted by molar-refractivity contribution is 7.88. The molecule has 0 aliphatic carbocycles. The van der Waals surface area contributed by atoms with Crippen molar-refractivity contribution in [3.8, 4) is 0 Å². The number of hydrogen-bond donors (Lipinski definition) is 3. The number of aromatic nitrogens is 1. The first-order chi connectivity index (χ1) is 11.3. The molecule has 24 heavy (non-hydrogen) atoms. The number of anilines is 2. The summed E-state index contributed by atoms with van der Waals surface area (Å²) in [7, 11) is -4.80. The Morgan fingerprint density at radius 2 is 2.00 bits per heavy atom. The first kappa shape index (κ1) is 18.4. The molecule has 0 spiro atoms. The van der Waals surface area contributed by atoms with Crippen LogP contribution in [0.1, 0.15) is 33.1 Å². The minimum absolute atomic E-state index is 0.0382. The summed E-state index contributed by atoms with van der Waals surface area (Å²) >= 11 is 0. The SMILES string of the molecule is CC(C)NC(=O)N(c1cnccc1NN1CCCCC1)S(=O)(=O)O. The Labute approximate surface area is 141 Å². The van der Waals surface area contributed by atoms with Crippen LogP contribution in [0.5, 0.6) is 0 Å². The van der Waals surface area contributed by atoms with Crippen LogP contribution < -0.4 is 15.0 Å². The summed E-state index contributed by atoms with van der Waals surface area (Å²) in [6.45, 7) is 5.00. The Kier molecular flexibility index (Phi) is 5.97. The third-order valence-corrected chi connectivity index (χ3v) is 4.30. The number of nitrogens with one attached hydrogen (secondary N) is 2. The van der Waals surface area contributed by atoms with E-state index in [-0.39, 0.29) is 11.7 Å². The lowest BCUT2D eigenvalue weighted by Gasteiger charge is -2.30. The number of piperidine rings is 1. The second-order valence-electron chi connectivity index (χ2n) is 5.90. The van der Waals surface area contributed by atoms with E-state index >= 15 is 0 Å². The Bertz CT molecular complexity index is 673. The zero-order chi connectivity index (χ0) is 17.7. The summed E-state index contributed by atoms with van der Waals surface area (Å²) < 4.78 is 33.3. The number of rotatable bonds is 5. The molecule has 0 radical (unpaired) electrons. The summed E-state index contributed by atoms with van der Waals surface area (Å²) in [6, 6.07) is 0.323. The van der Waals surface area contributed by atoms with Gasteiger partial charge in [0.2, 0.25) is 0 Å². The van der Waals surface area contributed by atoms with Crippen LogP contribution in [0, 0.1) is 0 Å². The number of amides is 2. The molecule has 1 fully saturated rings. The van der Waals surface area contributed by atoms with E-state index in [9.17, 15) is 17.8 Å². The van der Waals surface area contributed by atoms with Gasteiger partial charge in [-0.25, -0.2) is 9.80 Å². The fourth-order valence-corrected chi connectivity index (χ4v) is 3.12. The number of hydrazine groups is 1. The standard InChI is InChI=1S/C14H23N5O4S/c1-11(2)16-14(20)19(24(21,22)23)13-10-15-7-6-12(13)17-18-8-4-3-5-9-18/h6-7,10-11H,3-5,8-9H2,1-2H3,(H,15,17)(H,16,20)(H,21,22,23). The molecular weight excluding hydrogens is 334 g/mol. The summed E-state index contributed by atoms with van der Waals surface area (Å²) in [6.07, 6.45) is 5.92. The molecule has 0 atom stereocenters. The van der Waals surface area contributed by atoms with Gasteiger partial charge in [0.05, 0.1) is 11.9 Å². The zero-order valence-electron chi connectivity index (χ0n) is 13.8. The molecule has 2 amide bonds. The van der Waals surface area contributed by atoms with Crippen LogP contribution in [-0.4, -0.2) is 48.1 Å². The van der Waals surface area contributed by atoms with Crippen molar-refractivity contribution in [3.05, 3.63) is 18.5 Å². The lowest BCUT2D eigenvalue weighted by Crippen LogP contribution is -2.46. The highest BCUT2D eigenvalue weighted by atomic mass is 32.2. The van der Waals surface area contributed by atoms with E-state index in [1.54, 1.807) is 19.9 Å². The van der Waals surface area contributed by atoms with Gasteiger partial charge in [-0.3, -0.25) is 9.54 Å². The van der Waals surface area contributed by atoms with Crippen LogP contribution in [0.2, 0.25) is 0 Å². The van der Waals surface area contributed by atoms with E-state index in [1.807, 2.05) is 5.01 Å². The van der Waals surface area contributed by atoms with Gasteiger partial charge < -0.3 is 10.7 Å². The largest absolute Gasteiger partial charge is 0.368 e. The molecule has 1 aromatic heterocycles. The van der Waals surface area contributed by atoms with E-state index in [4.69, 9.17) is 0 Å². The second-order valence-corrected chi connectivity index (χ2v) is 7.16. The minimum atomic E-state index is -4.80. The van der Waals surface area contributed by atoms with Crippen molar-refractivity contribution in [1.29, 1.82) is 0 Å². The molecule has 2 heterocycles. The molecule has 2 rings (SSSR count). The highest BCUT2D eigenvalue weighted by Gasteiger charge is 2.30. The molecule has 0 unspecified atom stereocenters. The maximum Gasteiger partial charge on any atom is 0.368 e. The Balaban J connectivity index is 2.34. The van der Waals surface area contributed by atoms with Gasteiger partial charge in [0.1, 0.15) is 5.69 Å². The van der Waals surface area contributed by atoms with Crippen LogP contribution in [-0.2, 0) is 10.3 Å². The van der Waals surface area contributed by atoms with E-state index < -0.39 is 16.3 Å². The smallest absolute Gasteiger partial charge is 0.335 e. The monoisotopic (exact) mass is 357 g/mol. The van der Waals surface area contributed by atoms with Crippen LogP contribution in [0.4, 0.5) is 16.2 Å². The predicted molar refractivity (Wildman–Crippen MR) is 91.0 cm³/mol. The normalized spacial score (nSPS) is 16.0. The van der Waals surface area contributed by atoms with Gasteiger partial charge in [-0.2, -0.15) is 12.7 Å². The molecule has 0 aromatic carbocycles. The van der Waals surface area contributed by atoms with Crippen molar-refractivity contribution >= 4 is 27.7 Å². The van der Waals surface area contributed by atoms with Crippen LogP contribution in [0.25, 0.3) is 0 Å². The molecule has 1 aliphatic rings. The number of nitrogens with zero attached hydrogens (tertiary/aromatic N) is 3. The number of hydrogen-bond acceptors (Lipinski definition) is 6. The third kappa shape index (κ3) is 4.79. The minimum Gasteiger partial charge on any atom is -0.335 e. The van der Waals surface area contributed by atoms with Crippen molar-refractivity contribution in [2.24, 2.45) is 0 Å². The first-order valence-corrected chi connectivity index (χ1v) is 9.22. The van der Waals surface area contributed by atoms with E-state index in [0.717, 1.165) is 32.4 Å². The van der Waals surface area contributed by atoms with Crippen LogP contribution in [0.3, 0.4) is 0 Å². The van der Waals surface area contributed by atoms with Gasteiger partial charge in [-0.15, -0.1) is 0 Å². The fraction of sp³-hybridized carbons (Fsp3) is 0.571. The number of pyridine rings is 1. The van der Waals surface area contributed by atoms with E-state index in [1.165, 1.54) is 12.4 Å². The lowest BCUT2D eigenvalue weighted by atomic mass is 10.2. The molecule has 0 bridgehead atoms. The molecular formula is C14H23N5O4S. The second kappa shape index (κ2) is 7.77. The predicted octanol–water partition coefficient (Wildman–Crippen LogP) is 1.62. The molecule has 3 N–H and O–H groups in total. The van der Waals surface area contributed by atoms with Gasteiger partial charge in [0.25, 0.3) is 0 Å². The summed E-state index contributed by atoms with van der Waals surface area (Å²) in [4.78, 5) is 16.1. The average molecular weight is 357 g/mol. The van der Waals surface area contributed by atoms with Crippen molar-refractivity contribution in [1.82, 2.24) is 15.3 Å². The Hall–Kier alpha value is -1.91. The highest BCUT2D eigenvalue weighted by Crippen LogP contribution is 2.28. The summed E-state index contributed by atoms with van der Waals surface area (Å²) in [5, 5.41) is 4.41. The molecule has 1 aromatic rings. The van der Waals surface area contributed by atoms with E-state index in [2.05, 4.69) is 15.7 Å². The number of urea groups is 1. The van der Waals surface area contributed by atoms with Crippen molar-refractivity contribution in [3.63, 3.8) is 0 Å². The molecule has 134 valence electrons. The van der Waals surface area contributed by atoms with Gasteiger partial charge in [0.15, 0.2) is 0 Å².